The lowest BCUT2D eigenvalue weighted by atomic mass is 10.0. The van der Waals surface area contributed by atoms with Gasteiger partial charge in [0.25, 0.3) is 5.91 Å². The molecular formula is C24H27N7O2. The van der Waals surface area contributed by atoms with Crippen LogP contribution in [0.25, 0.3) is 22.3 Å². The van der Waals surface area contributed by atoms with Crippen molar-refractivity contribution >= 4 is 22.9 Å². The molecule has 3 aromatic rings. The van der Waals surface area contributed by atoms with Crippen LogP contribution in [0.2, 0.25) is 0 Å². The van der Waals surface area contributed by atoms with E-state index in [-0.39, 0.29) is 5.54 Å². The Hall–Kier alpha value is -3.14. The van der Waals surface area contributed by atoms with Crippen LogP contribution in [-0.2, 0) is 11.3 Å². The van der Waals surface area contributed by atoms with Gasteiger partial charge < -0.3 is 21.1 Å². The van der Waals surface area contributed by atoms with Gasteiger partial charge in [0.05, 0.1) is 36.2 Å². The standard InChI is InChI=1S/C24H27N7O2/c25-22(32)18-9-19(16-3-1-15(2-4-16)13-31-5-7-33-8-6-31)28-20-12-27-23(29-21(18)20)30-24-10-17(24)11-26-14-24/h1-4,9,12,17,26H,5-8,10-11,13-14H2,(H2,25,32)(H,27,29,30). The molecule has 1 aromatic carbocycles. The first-order chi connectivity index (χ1) is 16.1. The van der Waals surface area contributed by atoms with Gasteiger partial charge in [0, 0.05) is 38.3 Å². The van der Waals surface area contributed by atoms with Crippen molar-refractivity contribution < 1.29 is 9.53 Å². The van der Waals surface area contributed by atoms with E-state index in [0.29, 0.717) is 34.2 Å². The minimum atomic E-state index is -0.526. The molecular weight excluding hydrogens is 418 g/mol. The van der Waals surface area contributed by atoms with Crippen LogP contribution in [0.5, 0.6) is 0 Å². The van der Waals surface area contributed by atoms with E-state index < -0.39 is 5.91 Å². The zero-order valence-corrected chi connectivity index (χ0v) is 18.4. The fourth-order valence-corrected chi connectivity index (χ4v) is 4.97. The molecule has 0 bridgehead atoms. The number of hydrogen-bond donors (Lipinski definition) is 3. The predicted molar refractivity (Wildman–Crippen MR) is 125 cm³/mol. The van der Waals surface area contributed by atoms with E-state index in [1.165, 1.54) is 5.56 Å². The zero-order chi connectivity index (χ0) is 22.4. The Morgan fingerprint density at radius 1 is 1.24 bits per heavy atom. The van der Waals surface area contributed by atoms with Crippen molar-refractivity contribution in [2.75, 3.05) is 44.7 Å². The zero-order valence-electron chi connectivity index (χ0n) is 18.4. The fourth-order valence-electron chi connectivity index (χ4n) is 4.97. The van der Waals surface area contributed by atoms with Gasteiger partial charge >= 0.3 is 0 Å². The number of anilines is 1. The van der Waals surface area contributed by atoms with Gasteiger partial charge in [-0.15, -0.1) is 0 Å². The number of pyridine rings is 1. The number of morpholine rings is 1. The number of piperidine rings is 1. The normalized spacial score (nSPS) is 24.5. The van der Waals surface area contributed by atoms with E-state index >= 15 is 0 Å². The first kappa shape index (κ1) is 20.5. The summed E-state index contributed by atoms with van der Waals surface area (Å²) in [6, 6.07) is 10.0. The Labute approximate surface area is 191 Å². The third-order valence-corrected chi connectivity index (χ3v) is 7.00. The molecule has 2 saturated heterocycles. The summed E-state index contributed by atoms with van der Waals surface area (Å²) in [5.74, 6) is 0.597. The van der Waals surface area contributed by atoms with Gasteiger partial charge in [0.15, 0.2) is 0 Å². The van der Waals surface area contributed by atoms with Crippen LogP contribution in [0.1, 0.15) is 22.3 Å². The Kier molecular flexibility index (Phi) is 4.97. The number of nitrogens with zero attached hydrogens (tertiary/aromatic N) is 4. The van der Waals surface area contributed by atoms with Crippen molar-refractivity contribution in [1.29, 1.82) is 0 Å². The molecule has 2 aromatic heterocycles. The monoisotopic (exact) mass is 445 g/mol. The van der Waals surface area contributed by atoms with Gasteiger partial charge in [-0.3, -0.25) is 9.69 Å². The molecule has 3 fully saturated rings. The minimum Gasteiger partial charge on any atom is -0.379 e. The largest absolute Gasteiger partial charge is 0.379 e. The molecule has 1 saturated carbocycles. The van der Waals surface area contributed by atoms with Crippen LogP contribution in [0.3, 0.4) is 0 Å². The summed E-state index contributed by atoms with van der Waals surface area (Å²) in [6.07, 6.45) is 2.78. The number of carbonyl (C=O) groups excluding carboxylic acids is 1. The number of carbonyl (C=O) groups is 1. The Balaban J connectivity index is 1.28. The number of benzene rings is 1. The number of primary amides is 1. The molecule has 0 spiro atoms. The van der Waals surface area contributed by atoms with Crippen molar-refractivity contribution in [2.45, 2.75) is 18.5 Å². The smallest absolute Gasteiger partial charge is 0.251 e. The number of rotatable bonds is 6. The average molecular weight is 446 g/mol. The lowest BCUT2D eigenvalue weighted by Crippen LogP contribution is -2.35. The lowest BCUT2D eigenvalue weighted by molar-refractivity contribution is 0.0342. The quantitative estimate of drug-likeness (QED) is 0.521. The summed E-state index contributed by atoms with van der Waals surface area (Å²) in [5, 5.41) is 6.85. The molecule has 2 aliphatic heterocycles. The summed E-state index contributed by atoms with van der Waals surface area (Å²) in [6.45, 7) is 6.28. The number of hydrogen-bond acceptors (Lipinski definition) is 8. The number of aromatic nitrogens is 3. The molecule has 2 atom stereocenters. The maximum Gasteiger partial charge on any atom is 0.251 e. The maximum absolute atomic E-state index is 12.3. The Bertz CT molecular complexity index is 1210. The molecule has 4 N–H and O–H groups in total. The van der Waals surface area contributed by atoms with E-state index in [2.05, 4.69) is 37.6 Å². The highest BCUT2D eigenvalue weighted by Gasteiger charge is 2.57. The third kappa shape index (κ3) is 3.92. The van der Waals surface area contributed by atoms with Gasteiger partial charge in [0.2, 0.25) is 5.95 Å². The van der Waals surface area contributed by atoms with Crippen LogP contribution >= 0.6 is 0 Å². The second kappa shape index (κ2) is 8.02. The number of amides is 1. The van der Waals surface area contributed by atoms with E-state index in [1.54, 1.807) is 12.3 Å². The Morgan fingerprint density at radius 2 is 2.06 bits per heavy atom. The number of ether oxygens (including phenoxy) is 1. The lowest BCUT2D eigenvalue weighted by Gasteiger charge is -2.26. The van der Waals surface area contributed by atoms with Gasteiger partial charge in [-0.05, 0) is 24.0 Å². The second-order valence-corrected chi connectivity index (χ2v) is 9.25. The molecule has 9 heteroatoms. The minimum absolute atomic E-state index is 0.0386. The van der Waals surface area contributed by atoms with Crippen molar-refractivity contribution in [2.24, 2.45) is 11.7 Å². The second-order valence-electron chi connectivity index (χ2n) is 9.25. The highest BCUT2D eigenvalue weighted by molar-refractivity contribution is 6.05. The number of fused-ring (bicyclic) bond motifs is 2. The maximum atomic E-state index is 12.3. The highest BCUT2D eigenvalue weighted by Crippen LogP contribution is 2.48. The summed E-state index contributed by atoms with van der Waals surface area (Å²) in [7, 11) is 0. The van der Waals surface area contributed by atoms with Crippen molar-refractivity contribution in [3.8, 4) is 11.3 Å². The molecule has 1 aliphatic carbocycles. The summed E-state index contributed by atoms with van der Waals surface area (Å²) >= 11 is 0. The van der Waals surface area contributed by atoms with Crippen LogP contribution in [-0.4, -0.2) is 70.7 Å². The van der Waals surface area contributed by atoms with Crippen LogP contribution in [0.4, 0.5) is 5.95 Å². The molecule has 0 radical (unpaired) electrons. The molecule has 6 rings (SSSR count). The number of nitrogens with one attached hydrogen (secondary N) is 2. The predicted octanol–water partition coefficient (Wildman–Crippen LogP) is 1.40. The molecule has 170 valence electrons. The van der Waals surface area contributed by atoms with Crippen molar-refractivity contribution in [1.82, 2.24) is 25.2 Å². The van der Waals surface area contributed by atoms with E-state index in [9.17, 15) is 4.79 Å². The van der Waals surface area contributed by atoms with Gasteiger partial charge in [0.1, 0.15) is 11.0 Å². The van der Waals surface area contributed by atoms with Gasteiger partial charge in [-0.2, -0.15) is 0 Å². The summed E-state index contributed by atoms with van der Waals surface area (Å²) in [5.41, 5.74) is 9.99. The molecule has 4 heterocycles. The summed E-state index contributed by atoms with van der Waals surface area (Å²) in [4.78, 5) is 28.5. The van der Waals surface area contributed by atoms with E-state index in [0.717, 1.165) is 57.9 Å². The van der Waals surface area contributed by atoms with Gasteiger partial charge in [-0.25, -0.2) is 15.0 Å². The van der Waals surface area contributed by atoms with Crippen LogP contribution in [0, 0.1) is 5.92 Å². The number of nitrogens with two attached hydrogens (primary N) is 1. The van der Waals surface area contributed by atoms with Gasteiger partial charge in [-0.1, -0.05) is 24.3 Å². The first-order valence-electron chi connectivity index (χ1n) is 11.5. The average Bonchev–Trinajstić information content (AvgIpc) is 3.37. The first-order valence-corrected chi connectivity index (χ1v) is 11.5. The van der Waals surface area contributed by atoms with Crippen LogP contribution < -0.4 is 16.4 Å². The topological polar surface area (TPSA) is 118 Å². The molecule has 3 aliphatic rings. The van der Waals surface area contributed by atoms with Crippen molar-refractivity contribution in [3.63, 3.8) is 0 Å². The van der Waals surface area contributed by atoms with Crippen LogP contribution in [0.15, 0.2) is 36.5 Å². The van der Waals surface area contributed by atoms with E-state index in [4.69, 9.17) is 15.5 Å². The van der Waals surface area contributed by atoms with E-state index in [1.807, 2.05) is 12.1 Å². The Morgan fingerprint density at radius 3 is 2.76 bits per heavy atom. The SMILES string of the molecule is NC(=O)c1cc(-c2ccc(CN3CCOCC3)cc2)nc2cnc(NC34CNCC3C4)nc12. The third-order valence-electron chi connectivity index (χ3n) is 7.00. The fraction of sp³-hybridized carbons (Fsp3) is 0.417. The molecule has 1 amide bonds. The molecule has 33 heavy (non-hydrogen) atoms. The van der Waals surface area contributed by atoms with Crippen molar-refractivity contribution in [3.05, 3.63) is 47.7 Å². The molecule has 2 unspecified atom stereocenters. The highest BCUT2D eigenvalue weighted by atomic mass is 16.5. The molecule has 9 nitrogen and oxygen atoms in total. The summed E-state index contributed by atoms with van der Waals surface area (Å²) < 4.78 is 5.42.